The van der Waals surface area contributed by atoms with Gasteiger partial charge in [-0.2, -0.15) is 0 Å². The van der Waals surface area contributed by atoms with Gasteiger partial charge in [-0.25, -0.2) is 4.79 Å². The van der Waals surface area contributed by atoms with E-state index in [0.717, 1.165) is 12.8 Å². The van der Waals surface area contributed by atoms with Gasteiger partial charge in [0.05, 0.1) is 0 Å². The number of hydrogen-bond donors (Lipinski definition) is 2. The van der Waals surface area contributed by atoms with Gasteiger partial charge in [0.2, 0.25) is 0 Å². The quantitative estimate of drug-likeness (QED) is 0.520. The molecule has 3 heteroatoms. The van der Waals surface area contributed by atoms with E-state index in [9.17, 15) is 9.90 Å². The number of carboxylic acid groups (broad SMARTS) is 1. The molecule has 1 aromatic carbocycles. The summed E-state index contributed by atoms with van der Waals surface area (Å²) in [6.45, 7) is 2.23. The summed E-state index contributed by atoms with van der Waals surface area (Å²) in [6, 6.07) is 4.79. The summed E-state index contributed by atoms with van der Waals surface area (Å²) < 4.78 is 0. The van der Waals surface area contributed by atoms with Crippen LogP contribution in [0.15, 0.2) is 24.3 Å². The van der Waals surface area contributed by atoms with Crippen molar-refractivity contribution in [3.63, 3.8) is 0 Å². The number of aromatic hydroxyl groups is 1. The molecule has 22 heavy (non-hydrogen) atoms. The summed E-state index contributed by atoms with van der Waals surface area (Å²) in [5.74, 6) is -1.25. The predicted molar refractivity (Wildman–Crippen MR) is 91.3 cm³/mol. The molecule has 0 aliphatic carbocycles. The fourth-order valence-electron chi connectivity index (χ4n) is 2.47. The fraction of sp³-hybridized carbons (Fsp3) is 0.526. The molecule has 0 fully saturated rings. The lowest BCUT2D eigenvalue weighted by atomic mass is 10.1. The van der Waals surface area contributed by atoms with E-state index in [-0.39, 0.29) is 11.3 Å². The van der Waals surface area contributed by atoms with Crippen LogP contribution in [0.4, 0.5) is 0 Å². The van der Waals surface area contributed by atoms with Crippen molar-refractivity contribution in [2.24, 2.45) is 0 Å². The van der Waals surface area contributed by atoms with Gasteiger partial charge in [-0.05, 0) is 18.9 Å². The van der Waals surface area contributed by atoms with Crippen molar-refractivity contribution in [1.29, 1.82) is 0 Å². The Morgan fingerprint density at radius 1 is 1.05 bits per heavy atom. The minimum Gasteiger partial charge on any atom is -0.506 e. The number of unbranched alkanes of at least 4 members (excludes halogenated alkanes) is 8. The maximum atomic E-state index is 10.9. The van der Waals surface area contributed by atoms with Gasteiger partial charge in [0, 0.05) is 5.56 Å². The summed E-state index contributed by atoms with van der Waals surface area (Å²) in [4.78, 5) is 10.9. The Morgan fingerprint density at radius 2 is 1.68 bits per heavy atom. The van der Waals surface area contributed by atoms with Gasteiger partial charge in [0.1, 0.15) is 11.3 Å². The highest BCUT2D eigenvalue weighted by molar-refractivity contribution is 5.92. The molecule has 0 aliphatic heterocycles. The Bertz CT molecular complexity index is 478. The van der Waals surface area contributed by atoms with Crippen LogP contribution in [0.5, 0.6) is 5.75 Å². The SMILES string of the molecule is CCCCCCCCCCC=Cc1cccc(C(=O)O)c1O. The largest absolute Gasteiger partial charge is 0.506 e. The molecule has 1 rings (SSSR count). The van der Waals surface area contributed by atoms with Crippen molar-refractivity contribution in [2.45, 2.75) is 64.7 Å². The molecule has 0 atom stereocenters. The highest BCUT2D eigenvalue weighted by Gasteiger charge is 2.10. The molecule has 0 bridgehead atoms. The minimum atomic E-state index is -1.10. The molecule has 0 amide bonds. The summed E-state index contributed by atoms with van der Waals surface area (Å²) in [5, 5.41) is 18.8. The lowest BCUT2D eigenvalue weighted by Crippen LogP contribution is -1.97. The molecule has 2 N–H and O–H groups in total. The normalized spacial score (nSPS) is 11.1. The molecule has 122 valence electrons. The first kappa shape index (κ1) is 18.3. The smallest absolute Gasteiger partial charge is 0.339 e. The molecule has 0 saturated carbocycles. The predicted octanol–water partition coefficient (Wildman–Crippen LogP) is 5.63. The number of para-hydroxylation sites is 1. The summed E-state index contributed by atoms with van der Waals surface area (Å²) >= 11 is 0. The van der Waals surface area contributed by atoms with Gasteiger partial charge < -0.3 is 10.2 Å². The zero-order valence-corrected chi connectivity index (χ0v) is 13.6. The van der Waals surface area contributed by atoms with Gasteiger partial charge in [-0.15, -0.1) is 0 Å². The Kier molecular flexibility index (Phi) is 9.04. The number of benzene rings is 1. The first-order chi connectivity index (χ1) is 10.7. The van der Waals surface area contributed by atoms with E-state index in [0.29, 0.717) is 5.56 Å². The maximum Gasteiger partial charge on any atom is 0.339 e. The van der Waals surface area contributed by atoms with Crippen LogP contribution in [-0.2, 0) is 0 Å². The van der Waals surface area contributed by atoms with Crippen LogP contribution in [-0.4, -0.2) is 16.2 Å². The zero-order valence-electron chi connectivity index (χ0n) is 13.6. The number of hydrogen-bond acceptors (Lipinski definition) is 2. The van der Waals surface area contributed by atoms with Crippen LogP contribution in [0.3, 0.4) is 0 Å². The van der Waals surface area contributed by atoms with Gasteiger partial charge in [0.15, 0.2) is 0 Å². The molecule has 0 aromatic heterocycles. The van der Waals surface area contributed by atoms with Crippen molar-refractivity contribution in [3.8, 4) is 5.75 Å². The average Bonchev–Trinajstić information content (AvgIpc) is 2.50. The lowest BCUT2D eigenvalue weighted by molar-refractivity contribution is 0.0693. The molecular formula is C19H28O3. The van der Waals surface area contributed by atoms with Gasteiger partial charge >= 0.3 is 5.97 Å². The lowest BCUT2D eigenvalue weighted by Gasteiger charge is -2.03. The van der Waals surface area contributed by atoms with Crippen LogP contribution in [0.1, 0.15) is 80.6 Å². The number of aromatic carboxylic acids is 1. The molecule has 0 heterocycles. The van der Waals surface area contributed by atoms with Crippen molar-refractivity contribution in [2.75, 3.05) is 0 Å². The number of rotatable bonds is 11. The number of carboxylic acids is 1. The first-order valence-corrected chi connectivity index (χ1v) is 8.38. The fourth-order valence-corrected chi connectivity index (χ4v) is 2.47. The van der Waals surface area contributed by atoms with E-state index >= 15 is 0 Å². The van der Waals surface area contributed by atoms with Crippen molar-refractivity contribution in [1.82, 2.24) is 0 Å². The molecule has 3 nitrogen and oxygen atoms in total. The number of phenols is 1. The minimum absolute atomic E-state index is 0.0470. The van der Waals surface area contributed by atoms with Gasteiger partial charge in [-0.1, -0.05) is 76.2 Å². The van der Waals surface area contributed by atoms with Crippen LogP contribution in [0, 0.1) is 0 Å². The monoisotopic (exact) mass is 304 g/mol. The van der Waals surface area contributed by atoms with E-state index in [2.05, 4.69) is 6.92 Å². The van der Waals surface area contributed by atoms with Crippen LogP contribution >= 0.6 is 0 Å². The van der Waals surface area contributed by atoms with E-state index < -0.39 is 5.97 Å². The Balaban J connectivity index is 2.24. The topological polar surface area (TPSA) is 57.5 Å². The second kappa shape index (κ2) is 10.9. The van der Waals surface area contributed by atoms with E-state index in [1.165, 1.54) is 51.0 Å². The summed E-state index contributed by atoms with van der Waals surface area (Å²) in [6.07, 6.45) is 15.1. The van der Waals surface area contributed by atoms with Crippen LogP contribution in [0.25, 0.3) is 6.08 Å². The van der Waals surface area contributed by atoms with Crippen molar-refractivity contribution >= 4 is 12.0 Å². The third-order valence-electron chi connectivity index (χ3n) is 3.82. The molecule has 1 aromatic rings. The zero-order chi connectivity index (χ0) is 16.2. The second-order valence-corrected chi connectivity index (χ2v) is 5.71. The van der Waals surface area contributed by atoms with Crippen LogP contribution < -0.4 is 0 Å². The Labute approximate surface area is 133 Å². The molecule has 0 spiro atoms. The first-order valence-electron chi connectivity index (χ1n) is 8.38. The highest BCUT2D eigenvalue weighted by Crippen LogP contribution is 2.24. The number of allylic oxidation sites excluding steroid dienone is 1. The molecule has 0 saturated heterocycles. The summed E-state index contributed by atoms with van der Waals surface area (Å²) in [5.41, 5.74) is 0.522. The summed E-state index contributed by atoms with van der Waals surface area (Å²) in [7, 11) is 0. The second-order valence-electron chi connectivity index (χ2n) is 5.71. The van der Waals surface area contributed by atoms with E-state index in [1.54, 1.807) is 12.1 Å². The Morgan fingerprint density at radius 3 is 2.32 bits per heavy atom. The Hall–Kier alpha value is -1.77. The number of carbonyl (C=O) groups is 1. The maximum absolute atomic E-state index is 10.9. The highest BCUT2D eigenvalue weighted by atomic mass is 16.4. The molecular weight excluding hydrogens is 276 g/mol. The van der Waals surface area contributed by atoms with Gasteiger partial charge in [-0.3, -0.25) is 0 Å². The standard InChI is InChI=1S/C19H28O3/c1-2-3-4-5-6-7-8-9-10-11-13-16-14-12-15-17(18(16)20)19(21)22/h11-15,20H,2-10H2,1H3,(H,21,22). The molecule has 0 aliphatic rings. The van der Waals surface area contributed by atoms with E-state index in [1.807, 2.05) is 12.2 Å². The third-order valence-corrected chi connectivity index (χ3v) is 3.82. The van der Waals surface area contributed by atoms with Crippen molar-refractivity contribution < 1.29 is 15.0 Å². The molecule has 0 unspecified atom stereocenters. The van der Waals surface area contributed by atoms with Crippen LogP contribution in [0.2, 0.25) is 0 Å². The van der Waals surface area contributed by atoms with E-state index in [4.69, 9.17) is 5.11 Å². The molecule has 0 radical (unpaired) electrons. The van der Waals surface area contributed by atoms with Crippen molar-refractivity contribution in [3.05, 3.63) is 35.4 Å². The average molecular weight is 304 g/mol. The van der Waals surface area contributed by atoms with Gasteiger partial charge in [0.25, 0.3) is 0 Å². The third kappa shape index (κ3) is 6.79.